The zero-order valence-corrected chi connectivity index (χ0v) is 15.4. The molecule has 0 spiro atoms. The van der Waals surface area contributed by atoms with E-state index < -0.39 is 0 Å². The summed E-state index contributed by atoms with van der Waals surface area (Å²) >= 11 is 0. The second-order valence-electron chi connectivity index (χ2n) is 7.46. The molecule has 1 N–H and O–H groups in total. The summed E-state index contributed by atoms with van der Waals surface area (Å²) < 4.78 is 2.20. The molecule has 126 valence electrons. The molecule has 5 heteroatoms. The summed E-state index contributed by atoms with van der Waals surface area (Å²) in [7, 11) is 4.14. The Hall–Kier alpha value is -0.910. The molecule has 0 amide bonds. The van der Waals surface area contributed by atoms with Gasteiger partial charge >= 0.3 is 0 Å². The highest BCUT2D eigenvalue weighted by atomic mass is 15.3. The summed E-state index contributed by atoms with van der Waals surface area (Å²) in [6, 6.07) is 0.368. The van der Waals surface area contributed by atoms with Gasteiger partial charge in [-0.2, -0.15) is 0 Å². The minimum absolute atomic E-state index is 0.266. The molecular weight excluding hydrogens is 274 g/mol. The molecule has 1 aliphatic rings. The average molecular weight is 307 g/mol. The Bertz CT molecular complexity index is 492. The van der Waals surface area contributed by atoms with Crippen LogP contribution in [0.2, 0.25) is 0 Å². The van der Waals surface area contributed by atoms with Crippen LogP contribution in [0.1, 0.15) is 44.0 Å². The van der Waals surface area contributed by atoms with Crippen LogP contribution in [0, 0.1) is 13.8 Å². The molecule has 2 rings (SSSR count). The fourth-order valence-corrected chi connectivity index (χ4v) is 3.36. The smallest absolute Gasteiger partial charge is 0.105 e. The molecule has 1 fully saturated rings. The Balaban J connectivity index is 2.14. The van der Waals surface area contributed by atoms with Crippen molar-refractivity contribution in [2.24, 2.45) is 7.05 Å². The molecular formula is C17H33N5. The van der Waals surface area contributed by atoms with E-state index in [0.29, 0.717) is 6.04 Å². The summed E-state index contributed by atoms with van der Waals surface area (Å²) in [5.41, 5.74) is 2.79. The van der Waals surface area contributed by atoms with Gasteiger partial charge in [-0.15, -0.1) is 0 Å². The number of hydrogen-bond donors (Lipinski definition) is 1. The molecule has 1 aliphatic heterocycles. The molecule has 1 aromatic rings. The Morgan fingerprint density at radius 3 is 2.14 bits per heavy atom. The Morgan fingerprint density at radius 2 is 1.73 bits per heavy atom. The first-order chi connectivity index (χ1) is 10.3. The van der Waals surface area contributed by atoms with Crippen molar-refractivity contribution in [2.75, 3.05) is 39.8 Å². The molecule has 0 radical (unpaired) electrons. The molecule has 0 aromatic carbocycles. The van der Waals surface area contributed by atoms with Gasteiger partial charge in [-0.1, -0.05) is 0 Å². The zero-order valence-electron chi connectivity index (χ0n) is 15.4. The number of aromatic nitrogens is 2. The van der Waals surface area contributed by atoms with Gasteiger partial charge in [0.25, 0.3) is 0 Å². The predicted octanol–water partition coefficient (Wildman–Crippen LogP) is 1.71. The summed E-state index contributed by atoms with van der Waals surface area (Å²) in [4.78, 5) is 10.0. The molecule has 1 aromatic heterocycles. The van der Waals surface area contributed by atoms with E-state index in [9.17, 15) is 0 Å². The summed E-state index contributed by atoms with van der Waals surface area (Å²) in [6.07, 6.45) is 0. The van der Waals surface area contributed by atoms with E-state index in [0.717, 1.165) is 38.5 Å². The predicted molar refractivity (Wildman–Crippen MR) is 92.2 cm³/mol. The SMILES string of the molecule is CNCC(c1nc(C)n(C)c1C)N1CCN(C(C)(C)C)CC1. The van der Waals surface area contributed by atoms with Crippen LogP contribution in [-0.4, -0.2) is 64.7 Å². The largest absolute Gasteiger partial charge is 0.335 e. The van der Waals surface area contributed by atoms with E-state index >= 15 is 0 Å². The van der Waals surface area contributed by atoms with Gasteiger partial charge in [0.15, 0.2) is 0 Å². The van der Waals surface area contributed by atoms with E-state index in [-0.39, 0.29) is 5.54 Å². The Kier molecular flexibility index (Phi) is 5.30. The van der Waals surface area contributed by atoms with Crippen molar-refractivity contribution >= 4 is 0 Å². The summed E-state index contributed by atoms with van der Waals surface area (Å²) in [5, 5.41) is 3.36. The maximum atomic E-state index is 4.84. The Morgan fingerprint density at radius 1 is 1.14 bits per heavy atom. The maximum absolute atomic E-state index is 4.84. The number of likely N-dealkylation sites (N-methyl/N-ethyl adjacent to an activating group) is 1. The van der Waals surface area contributed by atoms with E-state index in [2.05, 4.69) is 61.4 Å². The van der Waals surface area contributed by atoms with Crippen LogP contribution in [0.15, 0.2) is 0 Å². The fraction of sp³-hybridized carbons (Fsp3) is 0.824. The van der Waals surface area contributed by atoms with Crippen LogP contribution in [0.3, 0.4) is 0 Å². The second-order valence-corrected chi connectivity index (χ2v) is 7.46. The molecule has 1 saturated heterocycles. The van der Waals surface area contributed by atoms with E-state index in [4.69, 9.17) is 4.98 Å². The lowest BCUT2D eigenvalue weighted by Gasteiger charge is -2.44. The number of imidazole rings is 1. The molecule has 22 heavy (non-hydrogen) atoms. The molecule has 0 aliphatic carbocycles. The number of nitrogens with zero attached hydrogens (tertiary/aromatic N) is 4. The zero-order chi connectivity index (χ0) is 16.5. The van der Waals surface area contributed by atoms with Crippen LogP contribution >= 0.6 is 0 Å². The highest BCUT2D eigenvalue weighted by Crippen LogP contribution is 2.26. The van der Waals surface area contributed by atoms with E-state index in [1.54, 1.807) is 0 Å². The van der Waals surface area contributed by atoms with Gasteiger partial charge in [0.2, 0.25) is 0 Å². The van der Waals surface area contributed by atoms with Crippen molar-refractivity contribution in [1.29, 1.82) is 0 Å². The minimum Gasteiger partial charge on any atom is -0.335 e. The monoisotopic (exact) mass is 307 g/mol. The lowest BCUT2D eigenvalue weighted by molar-refractivity contribution is 0.0409. The maximum Gasteiger partial charge on any atom is 0.105 e. The van der Waals surface area contributed by atoms with Gasteiger partial charge in [-0.05, 0) is 41.7 Å². The van der Waals surface area contributed by atoms with E-state index in [1.807, 2.05) is 7.05 Å². The van der Waals surface area contributed by atoms with Crippen LogP contribution in [0.5, 0.6) is 0 Å². The number of rotatable bonds is 4. The van der Waals surface area contributed by atoms with Crippen molar-refractivity contribution in [3.05, 3.63) is 17.2 Å². The van der Waals surface area contributed by atoms with E-state index in [1.165, 1.54) is 11.4 Å². The molecule has 1 unspecified atom stereocenters. The van der Waals surface area contributed by atoms with Gasteiger partial charge in [0.05, 0.1) is 11.7 Å². The van der Waals surface area contributed by atoms with Crippen molar-refractivity contribution in [3.8, 4) is 0 Å². The van der Waals surface area contributed by atoms with Crippen LogP contribution in [0.4, 0.5) is 0 Å². The number of nitrogens with one attached hydrogen (secondary N) is 1. The molecule has 0 bridgehead atoms. The first kappa shape index (κ1) is 17.4. The Labute approximate surface area is 135 Å². The number of aryl methyl sites for hydroxylation is 1. The highest BCUT2D eigenvalue weighted by molar-refractivity contribution is 5.20. The summed E-state index contributed by atoms with van der Waals surface area (Å²) in [5.74, 6) is 1.10. The number of hydrogen-bond acceptors (Lipinski definition) is 4. The highest BCUT2D eigenvalue weighted by Gasteiger charge is 2.31. The van der Waals surface area contributed by atoms with Crippen LogP contribution in [-0.2, 0) is 7.05 Å². The quantitative estimate of drug-likeness (QED) is 0.919. The van der Waals surface area contributed by atoms with Crippen molar-refractivity contribution in [3.63, 3.8) is 0 Å². The topological polar surface area (TPSA) is 36.3 Å². The van der Waals surface area contributed by atoms with Gasteiger partial charge in [0.1, 0.15) is 5.82 Å². The van der Waals surface area contributed by atoms with Crippen molar-refractivity contribution < 1.29 is 0 Å². The van der Waals surface area contributed by atoms with Gasteiger partial charge in [-0.3, -0.25) is 9.80 Å². The van der Waals surface area contributed by atoms with Gasteiger partial charge in [0, 0.05) is 51.0 Å². The molecule has 5 nitrogen and oxygen atoms in total. The number of piperazine rings is 1. The van der Waals surface area contributed by atoms with Crippen LogP contribution < -0.4 is 5.32 Å². The first-order valence-electron chi connectivity index (χ1n) is 8.39. The van der Waals surface area contributed by atoms with Crippen molar-refractivity contribution in [1.82, 2.24) is 24.7 Å². The van der Waals surface area contributed by atoms with Crippen LogP contribution in [0.25, 0.3) is 0 Å². The second kappa shape index (κ2) is 6.69. The lowest BCUT2D eigenvalue weighted by atomic mass is 10.0. The molecule has 0 saturated carbocycles. The third kappa shape index (κ3) is 3.53. The summed E-state index contributed by atoms with van der Waals surface area (Å²) in [6.45, 7) is 16.6. The van der Waals surface area contributed by atoms with Gasteiger partial charge < -0.3 is 9.88 Å². The molecule has 2 heterocycles. The normalized spacial score (nSPS) is 19.6. The third-order valence-corrected chi connectivity index (χ3v) is 5.06. The third-order valence-electron chi connectivity index (χ3n) is 5.06. The molecule has 1 atom stereocenters. The van der Waals surface area contributed by atoms with Crippen molar-refractivity contribution in [2.45, 2.75) is 46.2 Å². The lowest BCUT2D eigenvalue weighted by Crippen LogP contribution is -2.54. The first-order valence-corrected chi connectivity index (χ1v) is 8.39. The van der Waals surface area contributed by atoms with Gasteiger partial charge in [-0.25, -0.2) is 4.98 Å². The minimum atomic E-state index is 0.266. The standard InChI is InChI=1S/C17H33N5/c1-13-16(19-14(2)20(13)7)15(12-18-6)21-8-10-22(11-9-21)17(3,4)5/h15,18H,8-12H2,1-7H3. The fourth-order valence-electron chi connectivity index (χ4n) is 3.36. The average Bonchev–Trinajstić information content (AvgIpc) is 2.72.